The van der Waals surface area contributed by atoms with Gasteiger partial charge in [-0.3, -0.25) is 4.79 Å². The number of hydrogen-bond acceptors (Lipinski definition) is 4. The second kappa shape index (κ2) is 6.34. The molecule has 2 rings (SSSR count). The van der Waals surface area contributed by atoms with Crippen LogP contribution in [0.2, 0.25) is 0 Å². The first-order chi connectivity index (χ1) is 9.72. The van der Waals surface area contributed by atoms with Gasteiger partial charge in [0.25, 0.3) is 5.91 Å². The van der Waals surface area contributed by atoms with Gasteiger partial charge in [0.15, 0.2) is 0 Å². The van der Waals surface area contributed by atoms with Crippen molar-refractivity contribution in [3.63, 3.8) is 0 Å². The largest absolute Gasteiger partial charge is 0.494 e. The molecule has 100 valence electrons. The van der Waals surface area contributed by atoms with Crippen LogP contribution in [0.25, 0.3) is 0 Å². The van der Waals surface area contributed by atoms with Crippen molar-refractivity contribution in [2.24, 2.45) is 0 Å². The van der Waals surface area contributed by atoms with E-state index in [9.17, 15) is 4.79 Å². The van der Waals surface area contributed by atoms with Crippen LogP contribution in [0.4, 0.5) is 5.69 Å². The van der Waals surface area contributed by atoms with Crippen molar-refractivity contribution in [2.45, 2.75) is 6.92 Å². The zero-order valence-electron chi connectivity index (χ0n) is 11.0. The van der Waals surface area contributed by atoms with Crippen molar-refractivity contribution in [1.82, 2.24) is 4.98 Å². The zero-order chi connectivity index (χ0) is 14.4. The topological polar surface area (TPSA) is 75.0 Å². The highest BCUT2D eigenvalue weighted by molar-refractivity contribution is 6.02. The molecule has 20 heavy (non-hydrogen) atoms. The Bertz CT molecular complexity index is 628. The Labute approximate surface area is 116 Å². The summed E-state index contributed by atoms with van der Waals surface area (Å²) in [5.74, 6) is 0.431. The van der Waals surface area contributed by atoms with Crippen molar-refractivity contribution in [3.05, 3.63) is 53.9 Å². The molecule has 0 radical (unpaired) electrons. The van der Waals surface area contributed by atoms with Crippen LogP contribution in [0, 0.1) is 11.3 Å². The number of amides is 1. The van der Waals surface area contributed by atoms with Gasteiger partial charge >= 0.3 is 0 Å². The number of carbonyl (C=O) groups excluding carboxylic acids is 1. The minimum Gasteiger partial charge on any atom is -0.494 e. The number of rotatable bonds is 4. The van der Waals surface area contributed by atoms with E-state index < -0.39 is 0 Å². The van der Waals surface area contributed by atoms with Gasteiger partial charge in [0.05, 0.1) is 12.2 Å². The van der Waals surface area contributed by atoms with Gasteiger partial charge in [-0.1, -0.05) is 0 Å². The monoisotopic (exact) mass is 267 g/mol. The van der Waals surface area contributed by atoms with Crippen molar-refractivity contribution in [3.8, 4) is 11.8 Å². The summed E-state index contributed by atoms with van der Waals surface area (Å²) in [4.78, 5) is 15.9. The highest BCUT2D eigenvalue weighted by Crippen LogP contribution is 2.16. The molecule has 1 aromatic carbocycles. The molecular formula is C15H13N3O2. The third kappa shape index (κ3) is 3.33. The molecule has 1 N–H and O–H groups in total. The van der Waals surface area contributed by atoms with E-state index >= 15 is 0 Å². The summed E-state index contributed by atoms with van der Waals surface area (Å²) in [6.45, 7) is 2.51. The van der Waals surface area contributed by atoms with Crippen LogP contribution in [0.3, 0.4) is 0 Å². The second-order valence-electron chi connectivity index (χ2n) is 3.96. The molecule has 0 aliphatic rings. The van der Waals surface area contributed by atoms with E-state index in [1.165, 1.54) is 12.3 Å². The average Bonchev–Trinajstić information content (AvgIpc) is 2.49. The van der Waals surface area contributed by atoms with Gasteiger partial charge in [-0.2, -0.15) is 5.26 Å². The molecule has 0 aliphatic heterocycles. The summed E-state index contributed by atoms with van der Waals surface area (Å²) < 4.78 is 5.32. The summed E-state index contributed by atoms with van der Waals surface area (Å²) in [5, 5.41) is 11.4. The summed E-state index contributed by atoms with van der Waals surface area (Å²) in [7, 11) is 0. The van der Waals surface area contributed by atoms with Crippen molar-refractivity contribution in [2.75, 3.05) is 11.9 Å². The fraction of sp³-hybridized carbons (Fsp3) is 0.133. The van der Waals surface area contributed by atoms with Crippen LogP contribution in [-0.2, 0) is 0 Å². The lowest BCUT2D eigenvalue weighted by Gasteiger charge is -2.06. The first kappa shape index (κ1) is 13.6. The standard InChI is InChI=1S/C15H13N3O2/c1-2-20-13-6-4-12(5-7-13)18-15(19)14-8-3-11(9-16)10-17-14/h3-8,10H,2H2,1H3,(H,18,19). The number of nitriles is 1. The molecule has 1 aromatic heterocycles. The number of anilines is 1. The predicted octanol–water partition coefficient (Wildman–Crippen LogP) is 2.60. The number of nitrogens with one attached hydrogen (secondary N) is 1. The molecule has 5 nitrogen and oxygen atoms in total. The van der Waals surface area contributed by atoms with Crippen LogP contribution in [0.5, 0.6) is 5.75 Å². The molecule has 0 saturated carbocycles. The maximum absolute atomic E-state index is 11.9. The Hall–Kier alpha value is -2.87. The van der Waals surface area contributed by atoms with Gasteiger partial charge in [-0.25, -0.2) is 4.98 Å². The summed E-state index contributed by atoms with van der Waals surface area (Å²) in [6, 6.07) is 12.1. The van der Waals surface area contributed by atoms with Crippen LogP contribution in [0.15, 0.2) is 42.6 Å². The van der Waals surface area contributed by atoms with E-state index in [1.807, 2.05) is 13.0 Å². The van der Waals surface area contributed by atoms with Gasteiger partial charge in [0.2, 0.25) is 0 Å². The fourth-order valence-corrected chi connectivity index (χ4v) is 1.59. The maximum Gasteiger partial charge on any atom is 0.274 e. The number of hydrogen-bond donors (Lipinski definition) is 1. The van der Waals surface area contributed by atoms with E-state index in [2.05, 4.69) is 10.3 Å². The summed E-state index contributed by atoms with van der Waals surface area (Å²) >= 11 is 0. The highest BCUT2D eigenvalue weighted by atomic mass is 16.5. The molecule has 2 aromatic rings. The Morgan fingerprint density at radius 2 is 2.05 bits per heavy atom. The molecular weight excluding hydrogens is 254 g/mol. The third-order valence-electron chi connectivity index (χ3n) is 2.55. The SMILES string of the molecule is CCOc1ccc(NC(=O)c2ccc(C#N)cn2)cc1. The Morgan fingerprint density at radius 1 is 1.30 bits per heavy atom. The average molecular weight is 267 g/mol. The molecule has 1 amide bonds. The fourth-order valence-electron chi connectivity index (χ4n) is 1.59. The molecule has 1 heterocycles. The van der Waals surface area contributed by atoms with Crippen LogP contribution in [0.1, 0.15) is 23.0 Å². The van der Waals surface area contributed by atoms with E-state index in [1.54, 1.807) is 30.3 Å². The summed E-state index contributed by atoms with van der Waals surface area (Å²) in [5.41, 5.74) is 1.34. The Balaban J connectivity index is 2.05. The number of ether oxygens (including phenoxy) is 1. The molecule has 0 aliphatic carbocycles. The number of benzene rings is 1. The lowest BCUT2D eigenvalue weighted by molar-refractivity contribution is 0.102. The minimum absolute atomic E-state index is 0.262. The van der Waals surface area contributed by atoms with Gasteiger partial charge in [0, 0.05) is 11.9 Å². The highest BCUT2D eigenvalue weighted by Gasteiger charge is 2.07. The number of pyridine rings is 1. The van der Waals surface area contributed by atoms with Gasteiger partial charge in [-0.05, 0) is 43.3 Å². The number of carbonyl (C=O) groups is 1. The molecule has 0 saturated heterocycles. The first-order valence-corrected chi connectivity index (χ1v) is 6.13. The predicted molar refractivity (Wildman–Crippen MR) is 74.5 cm³/mol. The number of nitrogens with zero attached hydrogens (tertiary/aromatic N) is 2. The quantitative estimate of drug-likeness (QED) is 0.923. The Morgan fingerprint density at radius 3 is 2.60 bits per heavy atom. The Kier molecular flexibility index (Phi) is 4.30. The van der Waals surface area contributed by atoms with Crippen molar-refractivity contribution >= 4 is 11.6 Å². The zero-order valence-corrected chi connectivity index (χ0v) is 11.0. The molecule has 0 atom stereocenters. The van der Waals surface area contributed by atoms with E-state index in [0.717, 1.165) is 5.75 Å². The van der Waals surface area contributed by atoms with Crippen molar-refractivity contribution in [1.29, 1.82) is 5.26 Å². The normalized spacial score (nSPS) is 9.60. The third-order valence-corrected chi connectivity index (χ3v) is 2.55. The van der Waals surface area contributed by atoms with Crippen LogP contribution < -0.4 is 10.1 Å². The maximum atomic E-state index is 11.9. The lowest BCUT2D eigenvalue weighted by Crippen LogP contribution is -2.13. The molecule has 0 fully saturated rings. The van der Waals surface area contributed by atoms with Gasteiger partial charge in [0.1, 0.15) is 17.5 Å². The number of aromatic nitrogens is 1. The minimum atomic E-state index is -0.321. The first-order valence-electron chi connectivity index (χ1n) is 6.13. The van der Waals surface area contributed by atoms with Gasteiger partial charge < -0.3 is 10.1 Å². The van der Waals surface area contributed by atoms with Crippen molar-refractivity contribution < 1.29 is 9.53 Å². The lowest BCUT2D eigenvalue weighted by atomic mass is 10.2. The van der Waals surface area contributed by atoms with Gasteiger partial charge in [-0.15, -0.1) is 0 Å². The smallest absolute Gasteiger partial charge is 0.274 e. The second-order valence-corrected chi connectivity index (χ2v) is 3.96. The van der Waals surface area contributed by atoms with E-state index in [-0.39, 0.29) is 11.6 Å². The van der Waals surface area contributed by atoms with E-state index in [0.29, 0.717) is 17.9 Å². The van der Waals surface area contributed by atoms with Crippen LogP contribution >= 0.6 is 0 Å². The molecule has 5 heteroatoms. The van der Waals surface area contributed by atoms with E-state index in [4.69, 9.17) is 10.00 Å². The summed E-state index contributed by atoms with van der Waals surface area (Å²) in [6.07, 6.45) is 1.37. The molecule has 0 spiro atoms. The van der Waals surface area contributed by atoms with Crippen LogP contribution in [-0.4, -0.2) is 17.5 Å². The molecule has 0 unspecified atom stereocenters. The molecule has 0 bridgehead atoms.